The number of aliphatic hydroxyl groups excluding tert-OH is 2. The minimum Gasteiger partial charge on any atom is -0.400 e. The van der Waals surface area contributed by atoms with Crippen molar-refractivity contribution in [3.05, 3.63) is 85.6 Å². The first kappa shape index (κ1) is 28.9. The molecule has 2 nitrogen and oxygen atoms in total. The molecule has 0 amide bonds. The van der Waals surface area contributed by atoms with Crippen LogP contribution in [0.25, 0.3) is 0 Å². The van der Waals surface area contributed by atoms with E-state index in [0.717, 1.165) is 14.2 Å². The van der Waals surface area contributed by atoms with Crippen LogP contribution in [0.15, 0.2) is 60.7 Å². The fourth-order valence-electron chi connectivity index (χ4n) is 1.78. The third-order valence-electron chi connectivity index (χ3n) is 3.11. The van der Waals surface area contributed by atoms with Crippen molar-refractivity contribution in [2.45, 2.75) is 38.5 Å². The molecule has 0 aliphatic rings. The van der Waals surface area contributed by atoms with Crippen molar-refractivity contribution in [1.82, 2.24) is 0 Å². The van der Waals surface area contributed by atoms with Gasteiger partial charge in [-0.1, -0.05) is 99.5 Å². The number of aliphatic hydroxyl groups is 2. The van der Waals surface area contributed by atoms with Crippen LogP contribution in [0, 0.1) is 13.8 Å². The van der Waals surface area contributed by atoms with Crippen molar-refractivity contribution >= 4 is 0 Å². The SMILES string of the molecule is CO.CO.[CH2-]C(C)(C)c1ccccc1.[CH2-]C(C)(C)c1ccccc1.[Ti+2]. The molecule has 0 bridgehead atoms. The summed E-state index contributed by atoms with van der Waals surface area (Å²) in [4.78, 5) is 0. The van der Waals surface area contributed by atoms with Crippen molar-refractivity contribution in [2.75, 3.05) is 14.2 Å². The van der Waals surface area contributed by atoms with Crippen LogP contribution in [0.5, 0.6) is 0 Å². The molecular formula is C22H34O2Ti. The molecule has 0 heterocycles. The topological polar surface area (TPSA) is 40.5 Å². The number of hydrogen-bond donors (Lipinski definition) is 2. The van der Waals surface area contributed by atoms with Crippen molar-refractivity contribution in [3.63, 3.8) is 0 Å². The third kappa shape index (κ3) is 14.0. The zero-order valence-electron chi connectivity index (χ0n) is 16.6. The summed E-state index contributed by atoms with van der Waals surface area (Å²) in [6, 6.07) is 20.6. The summed E-state index contributed by atoms with van der Waals surface area (Å²) in [7, 11) is 2.00. The van der Waals surface area contributed by atoms with Gasteiger partial charge in [-0.15, -0.1) is 10.8 Å². The summed E-state index contributed by atoms with van der Waals surface area (Å²) >= 11 is 0. The third-order valence-corrected chi connectivity index (χ3v) is 3.11. The van der Waals surface area contributed by atoms with Gasteiger partial charge in [0.1, 0.15) is 0 Å². The molecule has 0 aliphatic carbocycles. The molecule has 2 N–H and O–H groups in total. The Kier molecular flexibility index (Phi) is 17.7. The van der Waals surface area contributed by atoms with Crippen molar-refractivity contribution in [2.24, 2.45) is 0 Å². The normalized spacial score (nSPS) is 9.68. The van der Waals surface area contributed by atoms with E-state index < -0.39 is 0 Å². The van der Waals surface area contributed by atoms with Crippen LogP contribution >= 0.6 is 0 Å². The predicted molar refractivity (Wildman–Crippen MR) is 106 cm³/mol. The maximum atomic E-state index is 7.00. The van der Waals surface area contributed by atoms with E-state index in [1.54, 1.807) is 0 Å². The first-order chi connectivity index (χ1) is 11.2. The minimum absolute atomic E-state index is 0. The average molecular weight is 378 g/mol. The van der Waals surface area contributed by atoms with E-state index in [0.29, 0.717) is 0 Å². The second-order valence-electron chi connectivity index (χ2n) is 6.50. The molecule has 25 heavy (non-hydrogen) atoms. The number of hydrogen-bond acceptors (Lipinski definition) is 2. The van der Waals surface area contributed by atoms with Crippen molar-refractivity contribution < 1.29 is 31.9 Å². The fraction of sp³-hybridized carbons (Fsp3) is 0.364. The van der Waals surface area contributed by atoms with Crippen LogP contribution in [-0.2, 0) is 32.5 Å². The standard InChI is InChI=1S/2C10H13.2CH4O.Ti/c2*1-10(2,3)9-7-5-4-6-8-9;2*1-2;/h2*4-8H,1H2,2-3H3;2*2H,1H3;/q2*-1;;;+2. The molecule has 2 aromatic carbocycles. The maximum Gasteiger partial charge on any atom is 2.00 e. The molecular weight excluding hydrogens is 344 g/mol. The van der Waals surface area contributed by atoms with Crippen molar-refractivity contribution in [1.29, 1.82) is 0 Å². The molecule has 0 spiro atoms. The van der Waals surface area contributed by atoms with E-state index >= 15 is 0 Å². The molecule has 0 aliphatic heterocycles. The van der Waals surface area contributed by atoms with Crippen LogP contribution in [0.1, 0.15) is 38.8 Å². The monoisotopic (exact) mass is 378 g/mol. The summed E-state index contributed by atoms with van der Waals surface area (Å²) in [5.74, 6) is 0. The molecule has 2 aromatic rings. The van der Waals surface area contributed by atoms with Crippen molar-refractivity contribution in [3.8, 4) is 0 Å². The number of benzene rings is 2. The Morgan fingerprint density at radius 3 is 0.880 bits per heavy atom. The molecule has 0 unspecified atom stereocenters. The summed E-state index contributed by atoms with van der Waals surface area (Å²) in [6.45, 7) is 16.5. The zero-order valence-corrected chi connectivity index (χ0v) is 18.1. The van der Waals surface area contributed by atoms with Gasteiger partial charge in [-0.2, -0.15) is 0 Å². The van der Waals surface area contributed by atoms with Gasteiger partial charge in [-0.3, -0.25) is 0 Å². The molecule has 0 aromatic heterocycles. The number of rotatable bonds is 2. The van der Waals surface area contributed by atoms with E-state index in [-0.39, 0.29) is 32.5 Å². The maximum absolute atomic E-state index is 7.00. The van der Waals surface area contributed by atoms with E-state index in [1.165, 1.54) is 11.1 Å². The Morgan fingerprint density at radius 2 is 0.760 bits per heavy atom. The molecule has 0 saturated heterocycles. The van der Waals surface area contributed by atoms with Gasteiger partial charge in [-0.05, 0) is 0 Å². The summed E-state index contributed by atoms with van der Waals surface area (Å²) < 4.78 is 0. The molecule has 0 saturated carbocycles. The minimum atomic E-state index is 0. The summed E-state index contributed by atoms with van der Waals surface area (Å²) in [5, 5.41) is 14.0. The van der Waals surface area contributed by atoms with E-state index in [1.807, 2.05) is 36.4 Å². The molecule has 0 atom stereocenters. The summed E-state index contributed by atoms with van der Waals surface area (Å²) in [5.41, 5.74) is 2.66. The Labute approximate surface area is 170 Å². The quantitative estimate of drug-likeness (QED) is 0.582. The van der Waals surface area contributed by atoms with Gasteiger partial charge in [-0.25, -0.2) is 0 Å². The zero-order chi connectivity index (χ0) is 19.2. The molecule has 3 heteroatoms. The van der Waals surface area contributed by atoms with E-state index in [4.69, 9.17) is 10.2 Å². The van der Waals surface area contributed by atoms with Gasteiger partial charge in [0.15, 0.2) is 0 Å². The molecule has 0 fully saturated rings. The summed E-state index contributed by atoms with van der Waals surface area (Å²) in [6.07, 6.45) is 0. The first-order valence-electron chi connectivity index (χ1n) is 7.92. The Balaban J connectivity index is -0.000000312. The Bertz CT molecular complexity index is 448. The average Bonchev–Trinajstić information content (AvgIpc) is 2.59. The van der Waals surface area contributed by atoms with Crippen LogP contribution < -0.4 is 0 Å². The van der Waals surface area contributed by atoms with Gasteiger partial charge in [0, 0.05) is 14.2 Å². The smallest absolute Gasteiger partial charge is 0.400 e. The van der Waals surface area contributed by atoms with Crippen LogP contribution in [0.2, 0.25) is 0 Å². The molecule has 2 rings (SSSR count). The van der Waals surface area contributed by atoms with E-state index in [9.17, 15) is 0 Å². The van der Waals surface area contributed by atoms with Crippen LogP contribution in [0.4, 0.5) is 0 Å². The predicted octanol–water partition coefficient (Wildman–Crippen LogP) is 4.81. The second-order valence-corrected chi connectivity index (χ2v) is 6.50. The van der Waals surface area contributed by atoms with Gasteiger partial charge in [0.2, 0.25) is 0 Å². The van der Waals surface area contributed by atoms with E-state index in [2.05, 4.69) is 65.8 Å². The van der Waals surface area contributed by atoms with Crippen LogP contribution in [-0.4, -0.2) is 24.4 Å². The van der Waals surface area contributed by atoms with Crippen LogP contribution in [0.3, 0.4) is 0 Å². The molecule has 138 valence electrons. The molecule has 0 radical (unpaired) electrons. The fourth-order valence-corrected chi connectivity index (χ4v) is 1.78. The van der Waals surface area contributed by atoms with Gasteiger partial charge in [0.05, 0.1) is 0 Å². The first-order valence-corrected chi connectivity index (χ1v) is 7.92. The Hall–Kier alpha value is -0.926. The van der Waals surface area contributed by atoms with Gasteiger partial charge in [0.25, 0.3) is 0 Å². The van der Waals surface area contributed by atoms with Gasteiger partial charge < -0.3 is 24.1 Å². The second kappa shape index (κ2) is 15.3. The van der Waals surface area contributed by atoms with Gasteiger partial charge >= 0.3 is 21.7 Å². The Morgan fingerprint density at radius 1 is 0.560 bits per heavy atom. The largest absolute Gasteiger partial charge is 2.00 e.